The maximum atomic E-state index is 14.7. The molecule has 1 aromatic heterocycles. The van der Waals surface area contributed by atoms with Crippen LogP contribution in [0.4, 0.5) is 4.39 Å². The molecule has 2 aromatic rings. The Morgan fingerprint density at radius 1 is 1.16 bits per heavy atom. The van der Waals surface area contributed by atoms with E-state index in [1.165, 1.54) is 12.1 Å². The van der Waals surface area contributed by atoms with E-state index in [0.29, 0.717) is 32.3 Å². The molecular formula is C28H44FN3O4Y-2. The second-order valence-corrected chi connectivity index (χ2v) is 9.33. The quantitative estimate of drug-likeness (QED) is 0.307. The van der Waals surface area contributed by atoms with Gasteiger partial charge >= 0.3 is 0 Å². The fraction of sp³-hybridized carbons (Fsp3) is 0.571. The molecule has 1 radical (unpaired) electrons. The second kappa shape index (κ2) is 17.4. The van der Waals surface area contributed by atoms with Crippen molar-refractivity contribution >= 4 is 16.8 Å². The number of rotatable bonds is 11. The molecule has 7 nitrogen and oxygen atoms in total. The number of amides is 1. The number of aromatic nitrogens is 1. The van der Waals surface area contributed by atoms with Crippen molar-refractivity contribution < 1.29 is 51.4 Å². The van der Waals surface area contributed by atoms with E-state index in [-0.39, 0.29) is 82.0 Å². The molecule has 1 aromatic carbocycles. The van der Waals surface area contributed by atoms with Gasteiger partial charge in [-0.3, -0.25) is 9.59 Å². The summed E-state index contributed by atoms with van der Waals surface area (Å²) in [5.41, 5.74) is -0.0713. The number of nitrogens with zero attached hydrogens (tertiary/aromatic N) is 2. The summed E-state index contributed by atoms with van der Waals surface area (Å²) < 4.78 is 26.8. The number of piperidine rings is 1. The molecule has 0 saturated carbocycles. The van der Waals surface area contributed by atoms with Crippen LogP contribution in [0.3, 0.4) is 0 Å². The van der Waals surface area contributed by atoms with Crippen molar-refractivity contribution in [2.24, 2.45) is 0 Å². The van der Waals surface area contributed by atoms with Crippen molar-refractivity contribution in [2.45, 2.75) is 70.6 Å². The summed E-state index contributed by atoms with van der Waals surface area (Å²) in [6.07, 6.45) is 5.84. The second-order valence-electron chi connectivity index (χ2n) is 9.33. The van der Waals surface area contributed by atoms with Gasteiger partial charge in [-0.15, -0.1) is 0 Å². The van der Waals surface area contributed by atoms with Crippen molar-refractivity contribution in [3.8, 4) is 0 Å². The van der Waals surface area contributed by atoms with Crippen LogP contribution < -0.4 is 10.7 Å². The van der Waals surface area contributed by atoms with Crippen molar-refractivity contribution in [3.05, 3.63) is 60.9 Å². The fourth-order valence-corrected chi connectivity index (χ4v) is 4.88. The van der Waals surface area contributed by atoms with Gasteiger partial charge in [0.25, 0.3) is 5.91 Å². The van der Waals surface area contributed by atoms with Crippen LogP contribution in [-0.4, -0.2) is 67.5 Å². The monoisotopic (exact) mass is 594 g/mol. The van der Waals surface area contributed by atoms with Crippen molar-refractivity contribution in [3.63, 3.8) is 0 Å². The predicted molar refractivity (Wildman–Crippen MR) is 145 cm³/mol. The Labute approximate surface area is 247 Å². The average Bonchev–Trinajstić information content (AvgIpc) is 2.82. The minimum absolute atomic E-state index is 0. The minimum atomic E-state index is -0.459. The zero-order valence-corrected chi connectivity index (χ0v) is 26.2. The molecule has 1 N–H and O–H groups in total. The van der Waals surface area contributed by atoms with Gasteiger partial charge in [-0.05, 0) is 58.1 Å². The van der Waals surface area contributed by atoms with Gasteiger partial charge in [0.15, 0.2) is 0 Å². The molecule has 0 unspecified atom stereocenters. The Morgan fingerprint density at radius 2 is 1.86 bits per heavy atom. The summed E-state index contributed by atoms with van der Waals surface area (Å²) in [6, 6.07) is 4.76. The Hall–Kier alpha value is -1.19. The molecule has 1 aliphatic heterocycles. The Morgan fingerprint density at radius 3 is 2.46 bits per heavy atom. The number of ether oxygens (including phenoxy) is 2. The number of benzene rings is 1. The third kappa shape index (κ3) is 8.92. The van der Waals surface area contributed by atoms with Crippen LogP contribution in [-0.2, 0) is 48.7 Å². The summed E-state index contributed by atoms with van der Waals surface area (Å²) in [6.45, 7) is 6.42. The van der Waals surface area contributed by atoms with E-state index in [9.17, 15) is 14.0 Å². The molecule has 9 heteroatoms. The predicted octanol–water partition coefficient (Wildman–Crippen LogP) is 4.47. The van der Waals surface area contributed by atoms with Crippen molar-refractivity contribution in [2.75, 3.05) is 34.0 Å². The average molecular weight is 595 g/mol. The molecule has 0 aliphatic carbocycles. The third-order valence-corrected chi connectivity index (χ3v) is 6.62. The standard InChI is InChI=1S/C26H38FN3O4.2CH3.Y/c1-18(2)30(20-11-10-19(28-16-20)12-15-34-4)26(32)22-17-29(13-5-6-14-33-3)24-21(25(22)31)8-7-9-23(24)27;;;/h7-9,17-20,28H,5-6,10-16H2,1-4H3;2*1H3;/q;2*-1;/t19-,20-;;;/m1.../s1. The molecule has 2 atom stereocenters. The first kappa shape index (κ1) is 35.8. The molecule has 0 spiro atoms. The number of carbonyl (C=O) groups excluding carboxylic acids is 1. The van der Waals surface area contributed by atoms with E-state index in [1.54, 1.807) is 31.0 Å². The van der Waals surface area contributed by atoms with Gasteiger partial charge in [0.1, 0.15) is 11.4 Å². The molecule has 2 heterocycles. The number of fused-ring (bicyclic) bond motifs is 1. The zero-order chi connectivity index (χ0) is 24.7. The van der Waals surface area contributed by atoms with E-state index in [1.807, 2.05) is 18.7 Å². The van der Waals surface area contributed by atoms with Gasteiger partial charge in [0.2, 0.25) is 5.43 Å². The van der Waals surface area contributed by atoms with Crippen LogP contribution in [0.5, 0.6) is 0 Å². The summed E-state index contributed by atoms with van der Waals surface area (Å²) >= 11 is 0. The molecular weight excluding hydrogens is 550 g/mol. The zero-order valence-electron chi connectivity index (χ0n) is 23.4. The van der Waals surface area contributed by atoms with Crippen molar-refractivity contribution in [1.82, 2.24) is 14.8 Å². The first-order valence-electron chi connectivity index (χ1n) is 12.2. The topological polar surface area (TPSA) is 72.8 Å². The first-order chi connectivity index (χ1) is 16.4. The number of nitrogens with one attached hydrogen (secondary N) is 1. The summed E-state index contributed by atoms with van der Waals surface area (Å²) in [4.78, 5) is 28.9. The van der Waals surface area contributed by atoms with E-state index >= 15 is 0 Å². The van der Waals surface area contributed by atoms with Gasteiger partial charge in [-0.25, -0.2) is 4.39 Å². The molecule has 1 fully saturated rings. The number of hydrogen-bond acceptors (Lipinski definition) is 5. The maximum Gasteiger partial charge on any atom is 0.259 e. The van der Waals surface area contributed by atoms with Crippen molar-refractivity contribution in [1.29, 1.82) is 0 Å². The number of para-hydroxylation sites is 1. The number of pyridine rings is 1. The molecule has 0 bridgehead atoms. The Bertz CT molecular complexity index is 1020. The third-order valence-electron chi connectivity index (χ3n) is 6.62. The molecule has 37 heavy (non-hydrogen) atoms. The molecule has 1 aliphatic rings. The van der Waals surface area contributed by atoms with Gasteiger partial charge < -0.3 is 39.1 Å². The van der Waals surface area contributed by atoms with Gasteiger partial charge in [0.05, 0.1) is 5.52 Å². The number of hydrogen-bond donors (Lipinski definition) is 1. The number of aryl methyl sites for hydroxylation is 1. The fourth-order valence-electron chi connectivity index (χ4n) is 4.88. The first-order valence-corrected chi connectivity index (χ1v) is 12.2. The number of methoxy groups -OCH3 is 2. The smallest absolute Gasteiger partial charge is 0.259 e. The van der Waals surface area contributed by atoms with E-state index in [4.69, 9.17) is 9.47 Å². The van der Waals surface area contributed by atoms with Crippen LogP contribution in [0.1, 0.15) is 56.3 Å². The van der Waals surface area contributed by atoms with Crippen LogP contribution in [0.2, 0.25) is 0 Å². The van der Waals surface area contributed by atoms with Crippen LogP contribution in [0.15, 0.2) is 29.2 Å². The minimum Gasteiger partial charge on any atom is -0.385 e. The number of carbonyl (C=O) groups is 1. The molecule has 3 rings (SSSR count). The maximum absolute atomic E-state index is 14.7. The Balaban J connectivity index is 0.00000432. The molecule has 1 saturated heterocycles. The summed E-state index contributed by atoms with van der Waals surface area (Å²) in [5.74, 6) is -0.751. The van der Waals surface area contributed by atoms with Crippen LogP contribution >= 0.6 is 0 Å². The van der Waals surface area contributed by atoms with Gasteiger partial charge in [-0.1, -0.05) is 6.07 Å². The molecule has 1 amide bonds. The molecule has 207 valence electrons. The largest absolute Gasteiger partial charge is 0.385 e. The number of halogens is 1. The van der Waals surface area contributed by atoms with Gasteiger partial charge in [-0.2, -0.15) is 0 Å². The van der Waals surface area contributed by atoms with E-state index < -0.39 is 11.2 Å². The van der Waals surface area contributed by atoms with E-state index in [0.717, 1.165) is 32.1 Å². The number of unbranched alkanes of at least 4 members (excludes halogenated alkanes) is 1. The summed E-state index contributed by atoms with van der Waals surface area (Å²) in [7, 11) is 3.34. The van der Waals surface area contributed by atoms with Crippen LogP contribution in [0, 0.1) is 20.7 Å². The van der Waals surface area contributed by atoms with Gasteiger partial charge in [0, 0.05) is 103 Å². The summed E-state index contributed by atoms with van der Waals surface area (Å²) in [5, 5.41) is 3.77. The van der Waals surface area contributed by atoms with Crippen LogP contribution in [0.25, 0.3) is 10.9 Å². The van der Waals surface area contributed by atoms with E-state index in [2.05, 4.69) is 5.32 Å². The SMILES string of the molecule is COCCCCn1cc(C(=O)N(C(C)C)[C@@H]2CC[C@H](CCOC)NC2)c(=O)c2cccc(F)c21.[CH3-].[CH3-].[Y]. The normalized spacial score (nSPS) is 17.0. The Kier molecular flexibility index (Phi) is 16.9.